The van der Waals surface area contributed by atoms with Gasteiger partial charge >= 0.3 is 0 Å². The number of hydrogen-bond acceptors (Lipinski definition) is 7. The molecule has 1 amide bonds. The number of nitrogens with zero attached hydrogens (tertiary/aromatic N) is 4. The van der Waals surface area contributed by atoms with E-state index in [0.29, 0.717) is 44.2 Å². The van der Waals surface area contributed by atoms with Crippen LogP contribution in [0.1, 0.15) is 53.1 Å². The second-order valence-corrected chi connectivity index (χ2v) is 19.0. The minimum Gasteiger partial charge on any atom is -0.379 e. The van der Waals surface area contributed by atoms with E-state index in [0.717, 1.165) is 42.9 Å². The van der Waals surface area contributed by atoms with Crippen molar-refractivity contribution in [1.29, 1.82) is 5.26 Å². The van der Waals surface area contributed by atoms with Crippen molar-refractivity contribution in [2.45, 2.75) is 63.9 Å². The zero-order valence-electron chi connectivity index (χ0n) is 23.6. The molecule has 0 atom stereocenters. The minimum atomic E-state index is -3.50. The van der Waals surface area contributed by atoms with Gasteiger partial charge in [-0.2, -0.15) is 9.57 Å². The molecule has 1 fully saturated rings. The molecule has 0 bridgehead atoms. The number of imidazole rings is 1. The van der Waals surface area contributed by atoms with Crippen LogP contribution < -0.4 is 5.32 Å². The maximum Gasteiger partial charge on any atom is 0.291 e. The summed E-state index contributed by atoms with van der Waals surface area (Å²) in [4.78, 5) is 17.6. The van der Waals surface area contributed by atoms with Gasteiger partial charge in [-0.15, -0.1) is 0 Å². The van der Waals surface area contributed by atoms with Crippen LogP contribution in [0, 0.1) is 11.3 Å². The zero-order chi connectivity index (χ0) is 28.8. The van der Waals surface area contributed by atoms with E-state index in [-0.39, 0.29) is 24.0 Å². The van der Waals surface area contributed by atoms with Crippen LogP contribution in [-0.2, 0) is 32.0 Å². The Morgan fingerprint density at radius 1 is 1.23 bits per heavy atom. The Labute approximate surface area is 238 Å². The number of rotatable bonds is 11. The first-order valence-corrected chi connectivity index (χ1v) is 19.1. The Hall–Kier alpha value is -2.82. The summed E-state index contributed by atoms with van der Waals surface area (Å²) in [6, 6.07) is 8.36. The number of aromatic nitrogens is 2. The molecule has 1 aromatic carbocycles. The Bertz CT molecular complexity index is 1380. The molecule has 0 spiro atoms. The Kier molecular flexibility index (Phi) is 9.97. The third-order valence-corrected chi connectivity index (χ3v) is 10.6. The van der Waals surface area contributed by atoms with Gasteiger partial charge in [-0.1, -0.05) is 31.8 Å². The summed E-state index contributed by atoms with van der Waals surface area (Å²) in [5, 5.41) is 12.4. The van der Waals surface area contributed by atoms with Crippen LogP contribution in [0.2, 0.25) is 25.7 Å². The van der Waals surface area contributed by atoms with Crippen LogP contribution in [0.25, 0.3) is 5.57 Å². The third-order valence-electron chi connectivity index (χ3n) is 7.00. The number of carbonyl (C=O) groups is 1. The molecule has 0 saturated carbocycles. The summed E-state index contributed by atoms with van der Waals surface area (Å²) in [5.41, 5.74) is 3.28. The smallest absolute Gasteiger partial charge is 0.291 e. The van der Waals surface area contributed by atoms with E-state index in [1.54, 1.807) is 16.7 Å². The van der Waals surface area contributed by atoms with Gasteiger partial charge in [0.1, 0.15) is 12.8 Å². The number of ether oxygens (including phenoxy) is 2. The summed E-state index contributed by atoms with van der Waals surface area (Å²) < 4.78 is 40.3. The number of amides is 1. The largest absolute Gasteiger partial charge is 0.379 e. The first-order chi connectivity index (χ1) is 19.1. The van der Waals surface area contributed by atoms with E-state index < -0.39 is 24.0 Å². The standard InChI is InChI=1S/C28H39N5O5SSi/c1-40(2,3)16-15-38-21-32-19-24(18-29)30-27(32)28(34)31-26-10-9-22(17-25(26)23-7-5-4-6-8-23)20-39(35,36)33-11-13-37-14-12-33/h7,9-10,17,19H,4-6,8,11-16,20-21H2,1-3H3,(H,31,34). The van der Waals surface area contributed by atoms with E-state index in [1.165, 1.54) is 10.5 Å². The molecule has 2 heterocycles. The molecule has 4 rings (SSSR count). The Morgan fingerprint density at radius 3 is 2.67 bits per heavy atom. The van der Waals surface area contributed by atoms with Gasteiger partial charge < -0.3 is 19.4 Å². The molecule has 1 N–H and O–H groups in total. The van der Waals surface area contributed by atoms with Crippen molar-refractivity contribution < 1.29 is 22.7 Å². The van der Waals surface area contributed by atoms with Crippen molar-refractivity contribution in [3.8, 4) is 6.07 Å². The summed E-state index contributed by atoms with van der Waals surface area (Å²) in [7, 11) is -4.77. The van der Waals surface area contributed by atoms with Crippen molar-refractivity contribution >= 4 is 35.3 Å². The van der Waals surface area contributed by atoms with Crippen LogP contribution in [0.3, 0.4) is 0 Å². The van der Waals surface area contributed by atoms with E-state index in [2.05, 4.69) is 36.0 Å². The fourth-order valence-electron chi connectivity index (χ4n) is 4.73. The molecule has 2 aliphatic rings. The number of sulfonamides is 1. The molecular formula is C28H39N5O5SSi. The third kappa shape index (κ3) is 8.11. The quantitative estimate of drug-likeness (QED) is 0.305. The first-order valence-electron chi connectivity index (χ1n) is 13.8. The van der Waals surface area contributed by atoms with Crippen molar-refractivity contribution in [3.05, 3.63) is 53.1 Å². The molecule has 1 aliphatic heterocycles. The van der Waals surface area contributed by atoms with Crippen LogP contribution >= 0.6 is 0 Å². The van der Waals surface area contributed by atoms with Crippen molar-refractivity contribution in [1.82, 2.24) is 13.9 Å². The number of nitriles is 1. The molecule has 1 aromatic heterocycles. The number of hydrogen-bond donors (Lipinski definition) is 1. The number of benzene rings is 1. The lowest BCUT2D eigenvalue weighted by Gasteiger charge is -2.26. The van der Waals surface area contributed by atoms with Crippen LogP contribution in [0.4, 0.5) is 5.69 Å². The van der Waals surface area contributed by atoms with Gasteiger partial charge in [0.15, 0.2) is 5.69 Å². The summed E-state index contributed by atoms with van der Waals surface area (Å²) >= 11 is 0. The topological polar surface area (TPSA) is 127 Å². The van der Waals surface area contributed by atoms with E-state index in [9.17, 15) is 18.5 Å². The fourth-order valence-corrected chi connectivity index (χ4v) is 6.98. The van der Waals surface area contributed by atoms with E-state index in [4.69, 9.17) is 9.47 Å². The average molecular weight is 586 g/mol. The highest BCUT2D eigenvalue weighted by atomic mass is 32.2. The van der Waals surface area contributed by atoms with Crippen LogP contribution in [0.5, 0.6) is 0 Å². The minimum absolute atomic E-state index is 0.0899. The number of allylic oxidation sites excluding steroid dienone is 2. The molecule has 0 radical (unpaired) electrons. The maximum atomic E-state index is 13.4. The van der Waals surface area contributed by atoms with Gasteiger partial charge in [0.05, 0.1) is 19.0 Å². The molecule has 0 unspecified atom stereocenters. The van der Waals surface area contributed by atoms with E-state index in [1.807, 2.05) is 12.1 Å². The number of nitrogens with one attached hydrogen (secondary N) is 1. The SMILES string of the molecule is C[Si](C)(C)CCOCn1cc(C#N)nc1C(=O)Nc1ccc(CS(=O)(=O)N2CCOCC2)cc1C1=CCCCC1. The lowest BCUT2D eigenvalue weighted by Crippen LogP contribution is -2.41. The van der Waals surface area contributed by atoms with Gasteiger partial charge in [0.25, 0.3) is 5.91 Å². The summed E-state index contributed by atoms with van der Waals surface area (Å²) in [6.45, 7) is 9.00. The van der Waals surface area contributed by atoms with Gasteiger partial charge in [0, 0.05) is 45.2 Å². The van der Waals surface area contributed by atoms with Crippen LogP contribution in [-0.4, -0.2) is 69.2 Å². The second-order valence-electron chi connectivity index (χ2n) is 11.5. The first kappa shape index (κ1) is 30.1. The Morgan fingerprint density at radius 2 is 2.00 bits per heavy atom. The van der Waals surface area contributed by atoms with Crippen LogP contribution in [0.15, 0.2) is 30.5 Å². The predicted molar refractivity (Wildman–Crippen MR) is 157 cm³/mol. The van der Waals surface area contributed by atoms with Crippen molar-refractivity contribution in [3.63, 3.8) is 0 Å². The van der Waals surface area contributed by atoms with Gasteiger partial charge in [-0.05, 0) is 55.0 Å². The molecule has 40 heavy (non-hydrogen) atoms. The molecular weight excluding hydrogens is 546 g/mol. The number of anilines is 1. The molecule has 2 aromatic rings. The Balaban J connectivity index is 1.56. The van der Waals surface area contributed by atoms with Gasteiger partial charge in [0.2, 0.25) is 15.8 Å². The lowest BCUT2D eigenvalue weighted by atomic mass is 9.91. The normalized spacial score (nSPS) is 16.8. The summed E-state index contributed by atoms with van der Waals surface area (Å²) in [6.07, 6.45) is 7.59. The highest BCUT2D eigenvalue weighted by Gasteiger charge is 2.26. The highest BCUT2D eigenvalue weighted by molar-refractivity contribution is 7.88. The predicted octanol–water partition coefficient (Wildman–Crippen LogP) is 4.44. The van der Waals surface area contributed by atoms with Gasteiger partial charge in [-0.25, -0.2) is 13.4 Å². The molecule has 12 heteroatoms. The lowest BCUT2D eigenvalue weighted by molar-refractivity contribution is 0.0729. The van der Waals surface area contributed by atoms with Gasteiger partial charge in [-0.3, -0.25) is 4.79 Å². The fraction of sp³-hybridized carbons (Fsp3) is 0.536. The molecule has 216 valence electrons. The van der Waals surface area contributed by atoms with Crippen molar-refractivity contribution in [2.75, 3.05) is 38.2 Å². The monoisotopic (exact) mass is 585 g/mol. The molecule has 10 nitrogen and oxygen atoms in total. The van der Waals surface area contributed by atoms with E-state index >= 15 is 0 Å². The zero-order valence-corrected chi connectivity index (χ0v) is 25.4. The molecule has 1 saturated heterocycles. The number of morpholine rings is 1. The second kappa shape index (κ2) is 13.2. The number of carbonyl (C=O) groups excluding carboxylic acids is 1. The highest BCUT2D eigenvalue weighted by Crippen LogP contribution is 2.33. The summed E-state index contributed by atoms with van der Waals surface area (Å²) in [5.74, 6) is -0.486. The average Bonchev–Trinajstić information content (AvgIpc) is 3.36. The molecule has 1 aliphatic carbocycles. The van der Waals surface area contributed by atoms with Crippen molar-refractivity contribution in [2.24, 2.45) is 0 Å². The maximum absolute atomic E-state index is 13.4.